The van der Waals surface area contributed by atoms with Crippen molar-refractivity contribution >= 4 is 15.9 Å². The average Bonchev–Trinajstić information content (AvgIpc) is 2.85. The van der Waals surface area contributed by atoms with Gasteiger partial charge in [0.25, 0.3) is 0 Å². The molecule has 1 saturated carbocycles. The second-order valence-electron chi connectivity index (χ2n) is 5.82. The molecule has 0 aliphatic heterocycles. The van der Waals surface area contributed by atoms with Crippen LogP contribution in [0.25, 0.3) is 0 Å². The molecular formula is C18H22BrNO. The van der Waals surface area contributed by atoms with Crippen LogP contribution < -0.4 is 5.32 Å². The van der Waals surface area contributed by atoms with Crippen LogP contribution >= 0.6 is 15.9 Å². The number of furan rings is 1. The molecule has 3 rings (SSSR count). The van der Waals surface area contributed by atoms with Crippen molar-refractivity contribution in [2.75, 3.05) is 6.54 Å². The van der Waals surface area contributed by atoms with Crippen molar-refractivity contribution in [1.82, 2.24) is 5.32 Å². The summed E-state index contributed by atoms with van der Waals surface area (Å²) in [5.41, 5.74) is 2.76. The molecule has 1 aliphatic carbocycles. The summed E-state index contributed by atoms with van der Waals surface area (Å²) >= 11 is 3.39. The van der Waals surface area contributed by atoms with Crippen LogP contribution in [0.1, 0.15) is 61.5 Å². The molecule has 0 radical (unpaired) electrons. The molecule has 0 amide bonds. The third kappa shape index (κ3) is 3.41. The summed E-state index contributed by atoms with van der Waals surface area (Å²) in [6, 6.07) is 13.2. The summed E-state index contributed by atoms with van der Waals surface area (Å²) in [7, 11) is 0. The smallest absolute Gasteiger partial charge is 0.169 e. The Balaban J connectivity index is 1.81. The van der Waals surface area contributed by atoms with E-state index in [1.165, 1.54) is 30.4 Å². The third-order valence-electron chi connectivity index (χ3n) is 4.32. The predicted octanol–water partition coefficient (Wildman–Crippen LogP) is 5.40. The second kappa shape index (κ2) is 6.80. The molecule has 112 valence electrons. The van der Waals surface area contributed by atoms with E-state index in [0.717, 1.165) is 29.3 Å². The van der Waals surface area contributed by atoms with Crippen LogP contribution in [0, 0.1) is 0 Å². The van der Waals surface area contributed by atoms with Crippen LogP contribution in [0.5, 0.6) is 0 Å². The summed E-state index contributed by atoms with van der Waals surface area (Å²) in [4.78, 5) is 0. The second-order valence-corrected chi connectivity index (χ2v) is 6.61. The van der Waals surface area contributed by atoms with Gasteiger partial charge in [-0.2, -0.15) is 0 Å². The molecule has 1 N–H and O–H groups in total. The highest BCUT2D eigenvalue weighted by Crippen LogP contribution is 2.37. The minimum atomic E-state index is 0.131. The van der Waals surface area contributed by atoms with Crippen molar-refractivity contribution in [3.05, 3.63) is 58.0 Å². The van der Waals surface area contributed by atoms with Crippen LogP contribution in [-0.2, 0) is 0 Å². The molecule has 1 unspecified atom stereocenters. The highest BCUT2D eigenvalue weighted by Gasteiger charge is 2.21. The number of halogens is 1. The first-order valence-electron chi connectivity index (χ1n) is 7.86. The van der Waals surface area contributed by atoms with Crippen molar-refractivity contribution in [2.45, 2.75) is 44.6 Å². The zero-order chi connectivity index (χ0) is 14.7. The van der Waals surface area contributed by atoms with Gasteiger partial charge < -0.3 is 9.73 Å². The molecule has 3 heteroatoms. The third-order valence-corrected chi connectivity index (χ3v) is 4.75. The van der Waals surface area contributed by atoms with Crippen LogP contribution in [0.3, 0.4) is 0 Å². The van der Waals surface area contributed by atoms with Gasteiger partial charge in [-0.05, 0) is 70.9 Å². The van der Waals surface area contributed by atoms with E-state index in [2.05, 4.69) is 52.4 Å². The Bertz CT molecular complexity index is 571. The Morgan fingerprint density at radius 3 is 2.48 bits per heavy atom. The van der Waals surface area contributed by atoms with Crippen LogP contribution in [0.2, 0.25) is 0 Å². The molecule has 1 aliphatic rings. The molecule has 1 atom stereocenters. The van der Waals surface area contributed by atoms with E-state index in [9.17, 15) is 0 Å². The number of nitrogens with one attached hydrogen (secondary N) is 1. The lowest BCUT2D eigenvalue weighted by atomic mass is 9.80. The summed E-state index contributed by atoms with van der Waals surface area (Å²) in [6.07, 6.45) is 5.19. The van der Waals surface area contributed by atoms with Crippen molar-refractivity contribution < 1.29 is 4.42 Å². The van der Waals surface area contributed by atoms with Crippen molar-refractivity contribution in [3.8, 4) is 0 Å². The zero-order valence-electron chi connectivity index (χ0n) is 12.4. The first kappa shape index (κ1) is 14.9. The van der Waals surface area contributed by atoms with E-state index in [1.54, 1.807) is 0 Å². The van der Waals surface area contributed by atoms with Gasteiger partial charge in [-0.1, -0.05) is 37.6 Å². The molecule has 1 heterocycles. The Kier molecular flexibility index (Phi) is 4.81. The Labute approximate surface area is 135 Å². The van der Waals surface area contributed by atoms with Gasteiger partial charge >= 0.3 is 0 Å². The van der Waals surface area contributed by atoms with E-state index in [-0.39, 0.29) is 6.04 Å². The Morgan fingerprint density at radius 2 is 1.95 bits per heavy atom. The SMILES string of the molecule is CCCNC(c1ccc(C2CCC2)cc1)c1ccc(Br)o1. The largest absolute Gasteiger partial charge is 0.452 e. The van der Waals surface area contributed by atoms with Gasteiger partial charge in [-0.3, -0.25) is 0 Å². The number of rotatable bonds is 6. The number of benzene rings is 1. The van der Waals surface area contributed by atoms with Gasteiger partial charge in [0.2, 0.25) is 0 Å². The van der Waals surface area contributed by atoms with Gasteiger partial charge in [-0.25, -0.2) is 0 Å². The molecule has 1 fully saturated rings. The quantitative estimate of drug-likeness (QED) is 0.756. The predicted molar refractivity (Wildman–Crippen MR) is 89.6 cm³/mol. The van der Waals surface area contributed by atoms with Gasteiger partial charge in [0, 0.05) is 0 Å². The topological polar surface area (TPSA) is 25.2 Å². The van der Waals surface area contributed by atoms with Crippen molar-refractivity contribution in [3.63, 3.8) is 0 Å². The first-order valence-corrected chi connectivity index (χ1v) is 8.65. The summed E-state index contributed by atoms with van der Waals surface area (Å²) in [6.45, 7) is 3.16. The Hall–Kier alpha value is -1.06. The van der Waals surface area contributed by atoms with Crippen molar-refractivity contribution in [2.24, 2.45) is 0 Å². The molecule has 2 aromatic rings. The average molecular weight is 348 g/mol. The molecule has 1 aromatic carbocycles. The van der Waals surface area contributed by atoms with E-state index in [4.69, 9.17) is 4.42 Å². The summed E-state index contributed by atoms with van der Waals surface area (Å²) in [5, 5.41) is 3.58. The molecule has 1 aromatic heterocycles. The Morgan fingerprint density at radius 1 is 1.19 bits per heavy atom. The fourth-order valence-corrected chi connectivity index (χ4v) is 3.18. The maximum absolute atomic E-state index is 5.76. The first-order chi connectivity index (χ1) is 10.3. The van der Waals surface area contributed by atoms with Gasteiger partial charge in [0.05, 0.1) is 6.04 Å². The lowest BCUT2D eigenvalue weighted by Gasteiger charge is -2.26. The fraction of sp³-hybridized carbons (Fsp3) is 0.444. The number of hydrogen-bond acceptors (Lipinski definition) is 2. The molecule has 0 saturated heterocycles. The van der Waals surface area contributed by atoms with E-state index >= 15 is 0 Å². The summed E-state index contributed by atoms with van der Waals surface area (Å²) < 4.78 is 6.55. The summed E-state index contributed by atoms with van der Waals surface area (Å²) in [5.74, 6) is 1.76. The maximum Gasteiger partial charge on any atom is 0.169 e. The van der Waals surface area contributed by atoms with E-state index in [0.29, 0.717) is 0 Å². The lowest BCUT2D eigenvalue weighted by Crippen LogP contribution is -2.22. The molecule has 0 bridgehead atoms. The standard InChI is InChI=1S/C18H22BrNO/c1-2-12-20-18(16-10-11-17(19)21-16)15-8-6-14(7-9-15)13-4-3-5-13/h6-11,13,18,20H,2-5,12H2,1H3. The van der Waals surface area contributed by atoms with E-state index < -0.39 is 0 Å². The van der Waals surface area contributed by atoms with Crippen molar-refractivity contribution in [1.29, 1.82) is 0 Å². The van der Waals surface area contributed by atoms with Gasteiger partial charge in [0.15, 0.2) is 4.67 Å². The lowest BCUT2D eigenvalue weighted by molar-refractivity contribution is 0.418. The normalized spacial score (nSPS) is 16.7. The highest BCUT2D eigenvalue weighted by atomic mass is 79.9. The number of hydrogen-bond donors (Lipinski definition) is 1. The van der Waals surface area contributed by atoms with Crippen LogP contribution in [0.15, 0.2) is 45.5 Å². The molecule has 0 spiro atoms. The van der Waals surface area contributed by atoms with E-state index in [1.807, 2.05) is 12.1 Å². The molecule has 2 nitrogen and oxygen atoms in total. The zero-order valence-corrected chi connectivity index (χ0v) is 14.0. The minimum Gasteiger partial charge on any atom is -0.452 e. The minimum absolute atomic E-state index is 0.131. The molecular weight excluding hydrogens is 326 g/mol. The van der Waals surface area contributed by atoms with Gasteiger partial charge in [0.1, 0.15) is 5.76 Å². The monoisotopic (exact) mass is 347 g/mol. The maximum atomic E-state index is 5.76. The van der Waals surface area contributed by atoms with Crippen LogP contribution in [0.4, 0.5) is 0 Å². The highest BCUT2D eigenvalue weighted by molar-refractivity contribution is 9.10. The molecule has 21 heavy (non-hydrogen) atoms. The van der Waals surface area contributed by atoms with Crippen LogP contribution in [-0.4, -0.2) is 6.54 Å². The fourth-order valence-electron chi connectivity index (χ4n) is 2.86. The van der Waals surface area contributed by atoms with Gasteiger partial charge in [-0.15, -0.1) is 0 Å².